The Bertz CT molecular complexity index is 873. The second-order valence-electron chi connectivity index (χ2n) is 6.34. The minimum absolute atomic E-state index is 0.0305. The van der Waals surface area contributed by atoms with E-state index in [9.17, 15) is 9.59 Å². The normalized spacial score (nSPS) is 13.7. The molecule has 2 aromatic rings. The SMILES string of the molecule is CCCC(=O)C1=C(c2ccccc2)N(C(=O)CCC)n2c(CC)nnc2S1. The van der Waals surface area contributed by atoms with Gasteiger partial charge in [0.25, 0.3) is 0 Å². The molecule has 0 atom stereocenters. The molecule has 0 spiro atoms. The van der Waals surface area contributed by atoms with Gasteiger partial charge in [-0.2, -0.15) is 0 Å². The first-order chi connectivity index (χ1) is 13.1. The maximum Gasteiger partial charge on any atom is 0.246 e. The highest BCUT2D eigenvalue weighted by molar-refractivity contribution is 8.04. The standard InChI is InChI=1S/C20H24N4O2S/c1-4-10-15(25)19-18(14-12-8-7-9-13-14)24(17(26)11-5-2)23-16(6-3)21-22-20(23)27-19/h7-9,12-13H,4-6,10-11H2,1-3H3. The molecule has 142 valence electrons. The number of fused-ring (bicyclic) bond motifs is 1. The van der Waals surface area contributed by atoms with Gasteiger partial charge in [-0.15, -0.1) is 10.2 Å². The van der Waals surface area contributed by atoms with Gasteiger partial charge in [-0.05, 0) is 24.6 Å². The number of Topliss-reactive ketones (excluding diaryl/α,β-unsaturated/α-hetero) is 1. The third-order valence-electron chi connectivity index (χ3n) is 4.29. The lowest BCUT2D eigenvalue weighted by atomic mass is 10.1. The van der Waals surface area contributed by atoms with Crippen molar-refractivity contribution in [2.24, 2.45) is 0 Å². The van der Waals surface area contributed by atoms with Gasteiger partial charge < -0.3 is 0 Å². The highest BCUT2D eigenvalue weighted by Crippen LogP contribution is 2.40. The van der Waals surface area contributed by atoms with E-state index in [1.54, 1.807) is 9.69 Å². The molecule has 7 heteroatoms. The molecule has 0 radical (unpaired) electrons. The lowest BCUT2D eigenvalue weighted by molar-refractivity contribution is -0.119. The summed E-state index contributed by atoms with van der Waals surface area (Å²) < 4.78 is 1.77. The number of nitrogens with zero attached hydrogens (tertiary/aromatic N) is 4. The Morgan fingerprint density at radius 1 is 1.00 bits per heavy atom. The number of carbonyl (C=O) groups is 2. The zero-order valence-corrected chi connectivity index (χ0v) is 16.8. The van der Waals surface area contributed by atoms with E-state index in [4.69, 9.17) is 0 Å². The van der Waals surface area contributed by atoms with Crippen molar-refractivity contribution in [2.45, 2.75) is 58.0 Å². The summed E-state index contributed by atoms with van der Waals surface area (Å²) in [6.45, 7) is 5.93. The topological polar surface area (TPSA) is 68.1 Å². The number of amides is 1. The van der Waals surface area contributed by atoms with Crippen molar-refractivity contribution in [1.82, 2.24) is 14.9 Å². The van der Waals surface area contributed by atoms with Crippen molar-refractivity contribution in [2.75, 3.05) is 5.01 Å². The Morgan fingerprint density at radius 3 is 2.33 bits per heavy atom. The van der Waals surface area contributed by atoms with Crippen LogP contribution in [0.25, 0.3) is 5.70 Å². The number of ketones is 1. The van der Waals surface area contributed by atoms with E-state index in [0.717, 1.165) is 18.4 Å². The van der Waals surface area contributed by atoms with E-state index in [0.29, 0.717) is 40.8 Å². The first-order valence-corrected chi connectivity index (χ1v) is 10.2. The maximum absolute atomic E-state index is 13.1. The Morgan fingerprint density at radius 2 is 1.70 bits per heavy atom. The Labute approximate surface area is 163 Å². The van der Waals surface area contributed by atoms with Crippen LogP contribution in [0.15, 0.2) is 40.4 Å². The Balaban J connectivity index is 2.25. The monoisotopic (exact) mass is 384 g/mol. The molecule has 27 heavy (non-hydrogen) atoms. The molecule has 0 fully saturated rings. The third-order valence-corrected chi connectivity index (χ3v) is 5.35. The molecule has 1 aliphatic rings. The van der Waals surface area contributed by atoms with E-state index in [1.165, 1.54) is 11.8 Å². The minimum Gasteiger partial charge on any atom is -0.294 e. The first kappa shape index (κ1) is 19.4. The van der Waals surface area contributed by atoms with Gasteiger partial charge in [0.1, 0.15) is 0 Å². The third kappa shape index (κ3) is 3.69. The van der Waals surface area contributed by atoms with E-state index in [1.807, 2.05) is 51.1 Å². The van der Waals surface area contributed by atoms with Crippen LogP contribution in [-0.4, -0.2) is 26.6 Å². The molecule has 1 aromatic carbocycles. The lowest BCUT2D eigenvalue weighted by Gasteiger charge is -2.33. The quantitative estimate of drug-likeness (QED) is 0.723. The van der Waals surface area contributed by atoms with Crippen LogP contribution < -0.4 is 5.01 Å². The number of aromatic nitrogens is 3. The number of aryl methyl sites for hydroxylation is 1. The second-order valence-corrected chi connectivity index (χ2v) is 7.32. The van der Waals surface area contributed by atoms with Crippen LogP contribution >= 0.6 is 11.8 Å². The average molecular weight is 385 g/mol. The van der Waals surface area contributed by atoms with Gasteiger partial charge in [0, 0.05) is 24.8 Å². The molecule has 6 nitrogen and oxygen atoms in total. The zero-order chi connectivity index (χ0) is 19.4. The molecular formula is C20H24N4O2S. The Kier molecular flexibility index (Phi) is 6.11. The maximum atomic E-state index is 13.1. The van der Waals surface area contributed by atoms with Gasteiger partial charge in [-0.3, -0.25) is 9.59 Å². The smallest absolute Gasteiger partial charge is 0.246 e. The van der Waals surface area contributed by atoms with Gasteiger partial charge in [-0.1, -0.05) is 51.1 Å². The van der Waals surface area contributed by atoms with Crippen LogP contribution in [0, 0.1) is 0 Å². The number of benzene rings is 1. The number of hydrogen-bond donors (Lipinski definition) is 0. The molecule has 0 saturated carbocycles. The summed E-state index contributed by atoms with van der Waals surface area (Å²) in [5, 5.41) is 10.7. The van der Waals surface area contributed by atoms with Crippen LogP contribution in [0.2, 0.25) is 0 Å². The number of hydrogen-bond acceptors (Lipinski definition) is 5. The predicted molar refractivity (Wildman–Crippen MR) is 107 cm³/mol. The highest BCUT2D eigenvalue weighted by atomic mass is 32.2. The lowest BCUT2D eigenvalue weighted by Crippen LogP contribution is -2.43. The number of carbonyl (C=O) groups excluding carboxylic acids is 2. The number of thioether (sulfide) groups is 1. The molecule has 0 bridgehead atoms. The van der Waals surface area contributed by atoms with Gasteiger partial charge >= 0.3 is 0 Å². The molecule has 3 rings (SSSR count). The fraction of sp³-hybridized carbons (Fsp3) is 0.400. The van der Waals surface area contributed by atoms with E-state index >= 15 is 0 Å². The predicted octanol–water partition coefficient (Wildman–Crippen LogP) is 3.95. The summed E-state index contributed by atoms with van der Waals surface area (Å²) in [4.78, 5) is 26.6. The largest absolute Gasteiger partial charge is 0.294 e. The van der Waals surface area contributed by atoms with Crippen molar-refractivity contribution in [1.29, 1.82) is 0 Å². The van der Waals surface area contributed by atoms with E-state index in [-0.39, 0.29) is 11.7 Å². The molecule has 1 amide bonds. The number of rotatable bonds is 7. The summed E-state index contributed by atoms with van der Waals surface area (Å²) in [7, 11) is 0. The summed E-state index contributed by atoms with van der Waals surface area (Å²) >= 11 is 1.31. The fourth-order valence-corrected chi connectivity index (χ4v) is 4.11. The highest BCUT2D eigenvalue weighted by Gasteiger charge is 2.36. The first-order valence-electron chi connectivity index (χ1n) is 9.40. The fourth-order valence-electron chi connectivity index (χ4n) is 3.05. The molecule has 1 aromatic heterocycles. The van der Waals surface area contributed by atoms with Gasteiger partial charge in [0.2, 0.25) is 11.1 Å². The van der Waals surface area contributed by atoms with Crippen molar-refractivity contribution in [3.05, 3.63) is 46.6 Å². The summed E-state index contributed by atoms with van der Waals surface area (Å²) in [6, 6.07) is 9.62. The van der Waals surface area contributed by atoms with Crippen molar-refractivity contribution in [3.63, 3.8) is 0 Å². The molecule has 0 aliphatic carbocycles. The van der Waals surface area contributed by atoms with Gasteiger partial charge in [-0.25, -0.2) is 9.69 Å². The molecule has 0 N–H and O–H groups in total. The minimum atomic E-state index is -0.0609. The van der Waals surface area contributed by atoms with Gasteiger partial charge in [0.15, 0.2) is 11.6 Å². The van der Waals surface area contributed by atoms with Gasteiger partial charge in [0.05, 0.1) is 10.6 Å². The van der Waals surface area contributed by atoms with E-state index < -0.39 is 0 Å². The second kappa shape index (κ2) is 8.52. The van der Waals surface area contributed by atoms with Crippen molar-refractivity contribution >= 4 is 29.1 Å². The van der Waals surface area contributed by atoms with Crippen LogP contribution in [-0.2, 0) is 16.0 Å². The molecule has 0 unspecified atom stereocenters. The van der Waals surface area contributed by atoms with E-state index in [2.05, 4.69) is 10.2 Å². The van der Waals surface area contributed by atoms with Crippen LogP contribution in [0.1, 0.15) is 57.8 Å². The zero-order valence-electron chi connectivity index (χ0n) is 15.9. The number of allylic oxidation sites excluding steroid dienone is 1. The van der Waals surface area contributed by atoms with Crippen molar-refractivity contribution < 1.29 is 9.59 Å². The van der Waals surface area contributed by atoms with Crippen molar-refractivity contribution in [3.8, 4) is 0 Å². The van der Waals surface area contributed by atoms with Crippen LogP contribution in [0.3, 0.4) is 0 Å². The summed E-state index contributed by atoms with van der Waals surface area (Å²) in [5.41, 5.74) is 1.48. The molecule has 0 saturated heterocycles. The Hall–Kier alpha value is -2.41. The molecule has 2 heterocycles. The van der Waals surface area contributed by atoms with Crippen LogP contribution in [0.4, 0.5) is 0 Å². The average Bonchev–Trinajstić information content (AvgIpc) is 3.10. The van der Waals surface area contributed by atoms with Crippen LogP contribution in [0.5, 0.6) is 0 Å². The molecule has 1 aliphatic heterocycles. The summed E-state index contributed by atoms with van der Waals surface area (Å²) in [6.07, 6.45) is 2.94. The molecular weight excluding hydrogens is 360 g/mol. The summed E-state index contributed by atoms with van der Waals surface area (Å²) in [5.74, 6) is 0.675.